The number of aliphatic hydroxyl groups is 1. The molecule has 2 rings (SSSR count). The Hall–Kier alpha value is -0.890. The van der Waals surface area contributed by atoms with Gasteiger partial charge in [0.2, 0.25) is 0 Å². The van der Waals surface area contributed by atoms with E-state index < -0.39 is 0 Å². The van der Waals surface area contributed by atoms with Crippen molar-refractivity contribution in [3.05, 3.63) is 23.3 Å². The summed E-state index contributed by atoms with van der Waals surface area (Å²) >= 11 is 0. The van der Waals surface area contributed by atoms with E-state index in [0.717, 1.165) is 37.5 Å². The van der Waals surface area contributed by atoms with Crippen molar-refractivity contribution in [1.29, 1.82) is 0 Å². The highest BCUT2D eigenvalue weighted by atomic mass is 16.3. The van der Waals surface area contributed by atoms with Gasteiger partial charge in [-0.15, -0.1) is 0 Å². The van der Waals surface area contributed by atoms with E-state index in [1.807, 2.05) is 0 Å². The number of aliphatic hydroxyl groups excluding tert-OH is 1. The molecule has 0 spiro atoms. The number of fused-ring (bicyclic) bond motifs is 1. The van der Waals surface area contributed by atoms with Crippen LogP contribution in [0.1, 0.15) is 39.5 Å². The van der Waals surface area contributed by atoms with Gasteiger partial charge in [0.1, 0.15) is 6.29 Å². The summed E-state index contributed by atoms with van der Waals surface area (Å²) in [5, 5.41) is 10.1. The summed E-state index contributed by atoms with van der Waals surface area (Å²) in [7, 11) is 0. The molecule has 1 saturated carbocycles. The molecule has 1 fully saturated rings. The highest BCUT2D eigenvalue weighted by Gasteiger charge is 2.48. The van der Waals surface area contributed by atoms with Crippen LogP contribution in [0.25, 0.3) is 0 Å². The molecule has 16 heavy (non-hydrogen) atoms. The molecule has 1 N–H and O–H groups in total. The minimum atomic E-state index is -0.362. The van der Waals surface area contributed by atoms with Crippen molar-refractivity contribution in [1.82, 2.24) is 0 Å². The van der Waals surface area contributed by atoms with Crippen molar-refractivity contribution in [3.8, 4) is 0 Å². The largest absolute Gasteiger partial charge is 0.389 e. The first-order valence-electron chi connectivity index (χ1n) is 6.06. The molecule has 0 aromatic rings. The highest BCUT2D eigenvalue weighted by molar-refractivity contribution is 5.76. The lowest BCUT2D eigenvalue weighted by molar-refractivity contribution is -0.105. The number of carbonyl (C=O) groups is 1. The van der Waals surface area contributed by atoms with Crippen molar-refractivity contribution in [3.63, 3.8) is 0 Å². The number of carbonyl (C=O) groups excluding carboxylic acids is 1. The SMILES string of the molecule is C=C(C=O)C12CCC(C)C(C)=C1C(O)CC2. The second-order valence-electron chi connectivity index (χ2n) is 5.32. The first-order chi connectivity index (χ1) is 7.53. The Kier molecular flexibility index (Phi) is 2.79. The maximum Gasteiger partial charge on any atom is 0.146 e. The molecule has 2 heteroatoms. The minimum Gasteiger partial charge on any atom is -0.389 e. The highest BCUT2D eigenvalue weighted by Crippen LogP contribution is 2.56. The summed E-state index contributed by atoms with van der Waals surface area (Å²) in [6, 6.07) is 0. The summed E-state index contributed by atoms with van der Waals surface area (Å²) in [4.78, 5) is 11.0. The summed E-state index contributed by atoms with van der Waals surface area (Å²) in [6.07, 6.45) is 4.22. The van der Waals surface area contributed by atoms with E-state index in [1.165, 1.54) is 5.57 Å². The monoisotopic (exact) mass is 220 g/mol. The second-order valence-corrected chi connectivity index (χ2v) is 5.32. The predicted octanol–water partition coefficient (Wildman–Crippen LogP) is 2.63. The Labute approximate surface area is 97.0 Å². The van der Waals surface area contributed by atoms with Gasteiger partial charge in [0.25, 0.3) is 0 Å². The smallest absolute Gasteiger partial charge is 0.146 e. The topological polar surface area (TPSA) is 37.3 Å². The molecule has 2 nitrogen and oxygen atoms in total. The van der Waals surface area contributed by atoms with Gasteiger partial charge in [0, 0.05) is 5.41 Å². The molecule has 3 unspecified atom stereocenters. The van der Waals surface area contributed by atoms with Gasteiger partial charge in [-0.3, -0.25) is 4.79 Å². The zero-order valence-electron chi connectivity index (χ0n) is 10.1. The molecule has 2 aliphatic carbocycles. The maximum absolute atomic E-state index is 11.0. The second kappa shape index (κ2) is 3.85. The molecule has 2 aliphatic rings. The maximum atomic E-state index is 11.0. The van der Waals surface area contributed by atoms with Crippen LogP contribution in [0.4, 0.5) is 0 Å². The van der Waals surface area contributed by atoms with Crippen molar-refractivity contribution in [2.45, 2.75) is 45.6 Å². The summed E-state index contributed by atoms with van der Waals surface area (Å²) < 4.78 is 0. The molecule has 0 saturated heterocycles. The fraction of sp³-hybridized carbons (Fsp3) is 0.643. The Morgan fingerprint density at radius 2 is 2.12 bits per heavy atom. The van der Waals surface area contributed by atoms with Crippen LogP contribution in [0.2, 0.25) is 0 Å². The Morgan fingerprint density at radius 3 is 2.75 bits per heavy atom. The number of hydrogen-bond acceptors (Lipinski definition) is 2. The van der Waals surface area contributed by atoms with E-state index in [2.05, 4.69) is 20.4 Å². The molecule has 0 amide bonds. The van der Waals surface area contributed by atoms with Crippen molar-refractivity contribution < 1.29 is 9.90 Å². The molecule has 0 aromatic heterocycles. The molecular weight excluding hydrogens is 200 g/mol. The van der Waals surface area contributed by atoms with Crippen LogP contribution < -0.4 is 0 Å². The van der Waals surface area contributed by atoms with E-state index in [1.54, 1.807) is 0 Å². The van der Waals surface area contributed by atoms with Gasteiger partial charge in [-0.2, -0.15) is 0 Å². The zero-order valence-corrected chi connectivity index (χ0v) is 10.1. The van der Waals surface area contributed by atoms with Crippen LogP contribution in [0.5, 0.6) is 0 Å². The molecular formula is C14H20O2. The molecule has 0 radical (unpaired) electrons. The molecule has 3 atom stereocenters. The number of allylic oxidation sites excluding steroid dienone is 2. The average Bonchev–Trinajstić information content (AvgIpc) is 2.62. The van der Waals surface area contributed by atoms with Crippen molar-refractivity contribution in [2.75, 3.05) is 0 Å². The van der Waals surface area contributed by atoms with E-state index in [-0.39, 0.29) is 11.5 Å². The lowest BCUT2D eigenvalue weighted by Crippen LogP contribution is -2.31. The fourth-order valence-electron chi connectivity index (χ4n) is 3.43. The summed E-state index contributed by atoms with van der Waals surface area (Å²) in [6.45, 7) is 8.20. The van der Waals surface area contributed by atoms with E-state index in [9.17, 15) is 9.90 Å². The van der Waals surface area contributed by atoms with Gasteiger partial charge in [0.15, 0.2) is 0 Å². The lowest BCUT2D eigenvalue weighted by atomic mass is 9.65. The normalized spacial score (nSPS) is 38.4. The molecule has 0 heterocycles. The van der Waals surface area contributed by atoms with Gasteiger partial charge in [-0.25, -0.2) is 0 Å². The number of aldehydes is 1. The van der Waals surface area contributed by atoms with Crippen molar-refractivity contribution in [2.24, 2.45) is 11.3 Å². The first-order valence-corrected chi connectivity index (χ1v) is 6.06. The molecule has 0 aromatic carbocycles. The number of rotatable bonds is 2. The first kappa shape index (κ1) is 11.6. The van der Waals surface area contributed by atoms with Gasteiger partial charge >= 0.3 is 0 Å². The van der Waals surface area contributed by atoms with E-state index in [0.29, 0.717) is 11.5 Å². The van der Waals surface area contributed by atoms with Crippen LogP contribution in [0.3, 0.4) is 0 Å². The number of hydrogen-bond donors (Lipinski definition) is 1. The molecule has 0 bridgehead atoms. The van der Waals surface area contributed by atoms with Crippen LogP contribution in [0.15, 0.2) is 23.3 Å². The third-order valence-corrected chi connectivity index (χ3v) is 4.62. The van der Waals surface area contributed by atoms with Gasteiger partial charge in [0.05, 0.1) is 6.10 Å². The molecule has 0 aliphatic heterocycles. The lowest BCUT2D eigenvalue weighted by Gasteiger charge is -2.39. The Balaban J connectivity index is 2.53. The van der Waals surface area contributed by atoms with Crippen LogP contribution >= 0.6 is 0 Å². The Morgan fingerprint density at radius 1 is 1.50 bits per heavy atom. The Bertz CT molecular complexity index is 367. The van der Waals surface area contributed by atoms with E-state index in [4.69, 9.17) is 0 Å². The minimum absolute atomic E-state index is 0.211. The average molecular weight is 220 g/mol. The van der Waals surface area contributed by atoms with Gasteiger partial charge < -0.3 is 5.11 Å². The summed E-state index contributed by atoms with van der Waals surface area (Å²) in [5.41, 5.74) is 2.82. The zero-order chi connectivity index (χ0) is 11.9. The van der Waals surface area contributed by atoms with Crippen molar-refractivity contribution >= 4 is 6.29 Å². The fourth-order valence-corrected chi connectivity index (χ4v) is 3.43. The quantitative estimate of drug-likeness (QED) is 0.441. The van der Waals surface area contributed by atoms with E-state index >= 15 is 0 Å². The van der Waals surface area contributed by atoms with Gasteiger partial charge in [-0.1, -0.05) is 19.1 Å². The predicted molar refractivity (Wildman–Crippen MR) is 64.0 cm³/mol. The third kappa shape index (κ3) is 1.40. The summed E-state index contributed by atoms with van der Waals surface area (Å²) in [5.74, 6) is 0.523. The molecule has 88 valence electrons. The van der Waals surface area contributed by atoms with Crippen LogP contribution in [0, 0.1) is 11.3 Å². The van der Waals surface area contributed by atoms with Gasteiger partial charge in [-0.05, 0) is 49.7 Å². The standard InChI is InChI=1S/C14H20O2/c1-9-4-6-14(10(2)8-15)7-5-12(16)13(14)11(9)3/h8-9,12,16H,2,4-7H2,1,3H3. The van der Waals surface area contributed by atoms with Crippen LogP contribution in [-0.2, 0) is 4.79 Å². The van der Waals surface area contributed by atoms with Crippen LogP contribution in [-0.4, -0.2) is 17.5 Å². The third-order valence-electron chi connectivity index (χ3n) is 4.62.